The third-order valence-electron chi connectivity index (χ3n) is 5.32. The number of benzene rings is 2. The summed E-state index contributed by atoms with van der Waals surface area (Å²) in [6.45, 7) is 4.33. The Hall–Kier alpha value is -4.34. The number of unbranched alkanes of at least 4 members (excludes halogenated alkanes) is 1. The number of fused-ring (bicyclic) bond motifs is 2. The van der Waals surface area contributed by atoms with Crippen LogP contribution in [0.3, 0.4) is 0 Å². The Morgan fingerprint density at radius 1 is 1.09 bits per heavy atom. The number of nitro benzene ring substituents is 1. The van der Waals surface area contributed by atoms with Gasteiger partial charge in [-0.05, 0) is 31.5 Å². The molecule has 2 aromatic heterocycles. The molecule has 2 heterocycles. The lowest BCUT2D eigenvalue weighted by Gasteiger charge is -2.12. The van der Waals surface area contributed by atoms with Gasteiger partial charge in [0.1, 0.15) is 16.9 Å². The highest BCUT2D eigenvalue weighted by Crippen LogP contribution is 2.31. The predicted octanol–water partition coefficient (Wildman–Crippen LogP) is 4.72. The highest BCUT2D eigenvalue weighted by Gasteiger charge is 2.28. The van der Waals surface area contributed by atoms with Crippen LogP contribution in [0, 0.1) is 10.1 Å². The van der Waals surface area contributed by atoms with Crippen molar-refractivity contribution in [1.29, 1.82) is 0 Å². The molecule has 0 saturated carbocycles. The zero-order valence-electron chi connectivity index (χ0n) is 18.8. The maximum Gasteiger partial charge on any atom is 0.344 e. The van der Waals surface area contributed by atoms with E-state index >= 15 is 0 Å². The van der Waals surface area contributed by atoms with Gasteiger partial charge in [0.2, 0.25) is 0 Å². The zero-order valence-corrected chi connectivity index (χ0v) is 18.8. The number of aromatic nitrogens is 3. The summed E-state index contributed by atoms with van der Waals surface area (Å²) in [6, 6.07) is 12.7. The van der Waals surface area contributed by atoms with Crippen molar-refractivity contribution in [3.63, 3.8) is 0 Å². The Morgan fingerprint density at radius 3 is 2.50 bits per heavy atom. The van der Waals surface area contributed by atoms with Crippen LogP contribution < -0.4 is 5.32 Å². The number of rotatable bonds is 8. The van der Waals surface area contributed by atoms with Gasteiger partial charge in [0.05, 0.1) is 22.6 Å². The van der Waals surface area contributed by atoms with Gasteiger partial charge in [-0.1, -0.05) is 31.5 Å². The maximum atomic E-state index is 13.1. The first-order valence-corrected chi connectivity index (χ1v) is 11.0. The fourth-order valence-corrected chi connectivity index (χ4v) is 3.70. The van der Waals surface area contributed by atoms with Gasteiger partial charge in [0, 0.05) is 24.2 Å². The number of nitrogens with zero attached hydrogens (tertiary/aromatic N) is 4. The molecule has 4 aromatic rings. The first kappa shape index (κ1) is 22.8. The third-order valence-corrected chi connectivity index (χ3v) is 5.32. The van der Waals surface area contributed by atoms with E-state index in [4.69, 9.17) is 9.72 Å². The van der Waals surface area contributed by atoms with Gasteiger partial charge in [-0.3, -0.25) is 14.9 Å². The molecule has 0 aliphatic heterocycles. The minimum atomic E-state index is -0.637. The van der Waals surface area contributed by atoms with E-state index in [-0.39, 0.29) is 29.2 Å². The van der Waals surface area contributed by atoms with Crippen molar-refractivity contribution in [3.05, 3.63) is 69.8 Å². The first-order valence-electron chi connectivity index (χ1n) is 11.0. The lowest BCUT2D eigenvalue weighted by molar-refractivity contribution is -0.384. The van der Waals surface area contributed by atoms with Crippen molar-refractivity contribution in [1.82, 2.24) is 14.5 Å². The second-order valence-electron chi connectivity index (χ2n) is 7.60. The van der Waals surface area contributed by atoms with E-state index < -0.39 is 16.8 Å². The second kappa shape index (κ2) is 9.65. The molecular weight excluding hydrogens is 438 g/mol. The number of carbonyl (C=O) groups is 2. The van der Waals surface area contributed by atoms with E-state index in [1.807, 2.05) is 25.1 Å². The molecule has 1 amide bonds. The molecule has 0 aliphatic carbocycles. The van der Waals surface area contributed by atoms with Crippen molar-refractivity contribution >= 4 is 45.6 Å². The minimum absolute atomic E-state index is 0.0855. The quantitative estimate of drug-likeness (QED) is 0.228. The van der Waals surface area contributed by atoms with Crippen LogP contribution in [-0.2, 0) is 11.3 Å². The van der Waals surface area contributed by atoms with Gasteiger partial charge in [-0.15, -0.1) is 0 Å². The summed E-state index contributed by atoms with van der Waals surface area (Å²) in [6.07, 6.45) is 1.63. The molecule has 2 aromatic carbocycles. The van der Waals surface area contributed by atoms with E-state index in [0.717, 1.165) is 12.8 Å². The molecule has 0 radical (unpaired) electrons. The van der Waals surface area contributed by atoms with Crippen LogP contribution in [0.5, 0.6) is 0 Å². The molecule has 0 unspecified atom stereocenters. The van der Waals surface area contributed by atoms with Gasteiger partial charge in [-0.2, -0.15) is 0 Å². The number of anilines is 1. The number of hydrogen-bond donors (Lipinski definition) is 1. The summed E-state index contributed by atoms with van der Waals surface area (Å²) in [5, 5.41) is 13.9. The fraction of sp³-hybridized carbons (Fsp3) is 0.250. The van der Waals surface area contributed by atoms with Crippen LogP contribution in [0.15, 0.2) is 48.5 Å². The molecular formula is C24H23N5O5. The topological polar surface area (TPSA) is 129 Å². The van der Waals surface area contributed by atoms with Crippen LogP contribution in [0.4, 0.5) is 11.5 Å². The summed E-state index contributed by atoms with van der Waals surface area (Å²) >= 11 is 0. The number of ether oxygens (including phenoxy) is 1. The Bertz CT molecular complexity index is 1410. The highest BCUT2D eigenvalue weighted by atomic mass is 16.6. The van der Waals surface area contributed by atoms with E-state index in [2.05, 4.69) is 10.3 Å². The summed E-state index contributed by atoms with van der Waals surface area (Å²) in [7, 11) is 0. The summed E-state index contributed by atoms with van der Waals surface area (Å²) < 4.78 is 7.03. The van der Waals surface area contributed by atoms with Crippen molar-refractivity contribution < 1.29 is 19.2 Å². The van der Waals surface area contributed by atoms with Crippen molar-refractivity contribution in [3.8, 4) is 0 Å². The molecule has 4 rings (SSSR count). The average Bonchev–Trinajstić information content (AvgIpc) is 3.13. The number of esters is 1. The average molecular weight is 461 g/mol. The minimum Gasteiger partial charge on any atom is -0.462 e. The van der Waals surface area contributed by atoms with Crippen molar-refractivity contribution in [2.24, 2.45) is 0 Å². The van der Waals surface area contributed by atoms with E-state index in [0.29, 0.717) is 28.7 Å². The summed E-state index contributed by atoms with van der Waals surface area (Å²) in [4.78, 5) is 46.1. The molecule has 0 spiro atoms. The number of amides is 1. The normalized spacial score (nSPS) is 11.0. The monoisotopic (exact) mass is 461 g/mol. The van der Waals surface area contributed by atoms with Crippen LogP contribution in [-0.4, -0.2) is 37.9 Å². The third kappa shape index (κ3) is 4.29. The molecule has 0 aliphatic rings. The fourth-order valence-electron chi connectivity index (χ4n) is 3.70. The first-order chi connectivity index (χ1) is 16.4. The van der Waals surface area contributed by atoms with Gasteiger partial charge in [0.25, 0.3) is 11.6 Å². The summed E-state index contributed by atoms with van der Waals surface area (Å²) in [5.74, 6) is -1.03. The van der Waals surface area contributed by atoms with Gasteiger partial charge in [-0.25, -0.2) is 14.8 Å². The number of carbonyl (C=O) groups excluding carboxylic acids is 2. The van der Waals surface area contributed by atoms with E-state index in [1.165, 1.54) is 24.3 Å². The maximum absolute atomic E-state index is 13.1. The molecule has 34 heavy (non-hydrogen) atoms. The van der Waals surface area contributed by atoms with Crippen molar-refractivity contribution in [2.45, 2.75) is 33.2 Å². The smallest absolute Gasteiger partial charge is 0.344 e. The Kier molecular flexibility index (Phi) is 6.48. The number of nitro groups is 1. The number of aryl methyl sites for hydroxylation is 1. The van der Waals surface area contributed by atoms with Crippen LogP contribution in [0.25, 0.3) is 22.2 Å². The van der Waals surface area contributed by atoms with E-state index in [1.54, 1.807) is 17.6 Å². The lowest BCUT2D eigenvalue weighted by Crippen LogP contribution is -2.18. The molecule has 0 atom stereocenters. The van der Waals surface area contributed by atoms with Gasteiger partial charge < -0.3 is 14.6 Å². The molecule has 10 nitrogen and oxygen atoms in total. The van der Waals surface area contributed by atoms with E-state index in [9.17, 15) is 19.7 Å². The number of hydrogen-bond acceptors (Lipinski definition) is 7. The van der Waals surface area contributed by atoms with Crippen LogP contribution in [0.1, 0.15) is 47.4 Å². The molecule has 174 valence electrons. The predicted molar refractivity (Wildman–Crippen MR) is 127 cm³/mol. The molecule has 0 saturated heterocycles. The number of nitrogens with one attached hydrogen (secondary N) is 1. The second-order valence-corrected chi connectivity index (χ2v) is 7.60. The highest BCUT2D eigenvalue weighted by molar-refractivity contribution is 6.13. The molecule has 10 heteroatoms. The van der Waals surface area contributed by atoms with Gasteiger partial charge >= 0.3 is 5.97 Å². The van der Waals surface area contributed by atoms with Crippen LogP contribution >= 0.6 is 0 Å². The molecule has 0 bridgehead atoms. The standard InChI is InChI=1S/C24H23N5O5/c1-3-5-13-28-21(27-23(30)15-9-8-10-16(14-15)29(32)33)19(24(31)34-4-2)20-22(28)26-18-12-7-6-11-17(18)25-20/h6-12,14H,3-5,13H2,1-2H3,(H,27,30). The number of non-ortho nitro benzene ring substituents is 1. The SMILES string of the molecule is CCCCn1c(NC(=O)c2cccc([N+](=O)[O-])c2)c(C(=O)OCC)c2nc3ccccc3nc21. The Labute approximate surface area is 194 Å². The Morgan fingerprint density at radius 2 is 1.82 bits per heavy atom. The summed E-state index contributed by atoms with van der Waals surface area (Å²) in [5.41, 5.74) is 2.00. The lowest BCUT2D eigenvalue weighted by atomic mass is 10.2. The number of para-hydroxylation sites is 2. The molecule has 0 fully saturated rings. The zero-order chi connectivity index (χ0) is 24.2. The largest absolute Gasteiger partial charge is 0.462 e. The van der Waals surface area contributed by atoms with Crippen LogP contribution in [0.2, 0.25) is 0 Å². The van der Waals surface area contributed by atoms with Crippen molar-refractivity contribution in [2.75, 3.05) is 11.9 Å². The van der Waals surface area contributed by atoms with Gasteiger partial charge in [0.15, 0.2) is 5.65 Å². The molecule has 1 N–H and O–H groups in total. The Balaban J connectivity index is 1.92.